The summed E-state index contributed by atoms with van der Waals surface area (Å²) in [5, 5.41) is 78.4. The topological polar surface area (TPSA) is 206 Å². The second-order valence-electron chi connectivity index (χ2n) is 13.5. The Labute approximate surface area is 285 Å². The molecule has 1 aliphatic carbocycles. The molecule has 0 saturated carbocycles. The first-order valence-electron chi connectivity index (χ1n) is 16.0. The third-order valence-electron chi connectivity index (χ3n) is 9.66. The Balaban J connectivity index is 1.68. The summed E-state index contributed by atoms with van der Waals surface area (Å²) in [6.07, 6.45) is -0.175. The van der Waals surface area contributed by atoms with Crippen LogP contribution in [0.1, 0.15) is 83.3 Å². The van der Waals surface area contributed by atoms with Crippen molar-refractivity contribution >= 4 is 39.4 Å². The van der Waals surface area contributed by atoms with Gasteiger partial charge in [-0.05, 0) is 66.3 Å². The van der Waals surface area contributed by atoms with Crippen molar-refractivity contribution in [2.24, 2.45) is 5.92 Å². The number of allylic oxidation sites excluding steroid dienone is 2. The number of rotatable bonds is 6. The minimum absolute atomic E-state index is 0.0348. The van der Waals surface area contributed by atoms with Gasteiger partial charge in [0.05, 0.1) is 22.4 Å². The third kappa shape index (κ3) is 4.83. The maximum absolute atomic E-state index is 14.0. The van der Waals surface area contributed by atoms with Gasteiger partial charge in [0, 0.05) is 39.3 Å². The lowest BCUT2D eigenvalue weighted by Crippen LogP contribution is -2.27. The number of fused-ring (bicyclic) bond motifs is 3. The Morgan fingerprint density at radius 2 is 1.40 bits per heavy atom. The minimum atomic E-state index is -1.41. The number of carbonyl (C=O) groups is 2. The van der Waals surface area contributed by atoms with Crippen molar-refractivity contribution in [1.29, 1.82) is 0 Å². The summed E-state index contributed by atoms with van der Waals surface area (Å²) >= 11 is 0. The molecule has 1 heterocycles. The number of aliphatic hydroxyl groups is 1. The normalized spacial score (nSPS) is 14.7. The van der Waals surface area contributed by atoms with Crippen molar-refractivity contribution in [2.75, 3.05) is 0 Å². The number of hydrogen-bond donors (Lipinski definition) is 7. The zero-order valence-electron chi connectivity index (χ0n) is 28.2. The molecule has 0 amide bonds. The molecule has 0 aliphatic heterocycles. The van der Waals surface area contributed by atoms with E-state index in [1.165, 1.54) is 12.1 Å². The van der Waals surface area contributed by atoms with Crippen LogP contribution in [0.5, 0.6) is 34.5 Å². The number of phenols is 5. The van der Waals surface area contributed by atoms with Gasteiger partial charge in [-0.2, -0.15) is 0 Å². The van der Waals surface area contributed by atoms with Crippen LogP contribution in [0, 0.1) is 19.8 Å². The van der Waals surface area contributed by atoms with Crippen LogP contribution in [0.2, 0.25) is 0 Å². The fourth-order valence-corrected chi connectivity index (χ4v) is 7.44. The highest BCUT2D eigenvalue weighted by atomic mass is 16.4. The Morgan fingerprint density at radius 3 is 2.02 bits per heavy atom. The number of aromatic hydroxyl groups is 6. The van der Waals surface area contributed by atoms with Crippen LogP contribution in [0.3, 0.4) is 0 Å². The highest BCUT2D eigenvalue weighted by molar-refractivity contribution is 6.12. The molecule has 6 rings (SSSR count). The first-order valence-corrected chi connectivity index (χ1v) is 16.0. The second-order valence-corrected chi connectivity index (χ2v) is 13.5. The van der Waals surface area contributed by atoms with E-state index in [9.17, 15) is 50.1 Å². The van der Waals surface area contributed by atoms with Crippen LogP contribution in [0.4, 0.5) is 0 Å². The third-order valence-corrected chi connectivity index (χ3v) is 9.66. The maximum Gasteiger partial charge on any atom is 0.343 e. The van der Waals surface area contributed by atoms with E-state index in [-0.39, 0.29) is 61.4 Å². The Morgan fingerprint density at radius 1 is 0.760 bits per heavy atom. The largest absolute Gasteiger partial charge is 0.508 e. The van der Waals surface area contributed by atoms with Gasteiger partial charge in [0.25, 0.3) is 0 Å². The Bertz CT molecular complexity index is 2410. The Kier molecular flexibility index (Phi) is 8.05. The molecule has 0 bridgehead atoms. The van der Waals surface area contributed by atoms with Crippen LogP contribution in [-0.2, 0) is 11.2 Å². The van der Waals surface area contributed by atoms with Gasteiger partial charge in [0.1, 0.15) is 28.6 Å². The fraction of sp³-hybridized carbons (Fsp3) is 0.256. The number of aliphatic hydroxyl groups excluding tert-OH is 1. The van der Waals surface area contributed by atoms with Crippen LogP contribution >= 0.6 is 0 Å². The Hall–Kier alpha value is -5.97. The van der Waals surface area contributed by atoms with Gasteiger partial charge in [0.15, 0.2) is 23.5 Å². The lowest BCUT2D eigenvalue weighted by Gasteiger charge is -2.31. The maximum atomic E-state index is 14.0. The first kappa shape index (κ1) is 33.9. The molecule has 50 heavy (non-hydrogen) atoms. The SMILES string of the molecule is Cc1cc2c(c(O)c1-c1c(C)cc3c(C(C)C)c(O)c(O)c(C=O)c3c1O)C(Cc1c(O)c3ccc(O)cc3oc1=O)C(=O)C(O)=C2C(C)C. The van der Waals surface area contributed by atoms with Crippen molar-refractivity contribution in [3.8, 4) is 45.6 Å². The average molecular weight is 681 g/mol. The molecular weight excluding hydrogens is 644 g/mol. The molecule has 11 heteroatoms. The first-order chi connectivity index (χ1) is 23.5. The smallest absolute Gasteiger partial charge is 0.343 e. The van der Waals surface area contributed by atoms with Crippen LogP contribution in [0.25, 0.3) is 38.4 Å². The van der Waals surface area contributed by atoms with E-state index in [2.05, 4.69) is 0 Å². The van der Waals surface area contributed by atoms with Crippen molar-refractivity contribution in [3.63, 3.8) is 0 Å². The van der Waals surface area contributed by atoms with Crippen molar-refractivity contribution in [3.05, 3.63) is 85.5 Å². The van der Waals surface area contributed by atoms with E-state index in [0.29, 0.717) is 33.9 Å². The molecule has 258 valence electrons. The van der Waals surface area contributed by atoms with E-state index in [4.69, 9.17) is 4.42 Å². The summed E-state index contributed by atoms with van der Waals surface area (Å²) in [5.41, 5.74) is 0.197. The molecule has 1 aromatic heterocycles. The van der Waals surface area contributed by atoms with E-state index < -0.39 is 64.2 Å². The van der Waals surface area contributed by atoms with Gasteiger partial charge >= 0.3 is 5.63 Å². The molecule has 1 unspecified atom stereocenters. The van der Waals surface area contributed by atoms with Gasteiger partial charge in [-0.1, -0.05) is 39.8 Å². The summed E-state index contributed by atoms with van der Waals surface area (Å²) in [6.45, 7) is 10.4. The zero-order chi connectivity index (χ0) is 36.7. The van der Waals surface area contributed by atoms with E-state index in [1.54, 1.807) is 53.7 Å². The number of benzene rings is 4. The lowest BCUT2D eigenvalue weighted by molar-refractivity contribution is -0.119. The molecule has 1 atom stereocenters. The fourth-order valence-electron chi connectivity index (χ4n) is 7.44. The van der Waals surface area contributed by atoms with Crippen molar-refractivity contribution < 1.29 is 49.8 Å². The van der Waals surface area contributed by atoms with E-state index in [1.807, 2.05) is 0 Å². The summed E-state index contributed by atoms with van der Waals surface area (Å²) in [4.78, 5) is 39.4. The van der Waals surface area contributed by atoms with Crippen LogP contribution in [0.15, 0.2) is 45.3 Å². The molecule has 4 aromatic carbocycles. The zero-order valence-corrected chi connectivity index (χ0v) is 28.2. The van der Waals surface area contributed by atoms with Gasteiger partial charge in [-0.3, -0.25) is 9.59 Å². The predicted octanol–water partition coefficient (Wildman–Crippen LogP) is 7.23. The van der Waals surface area contributed by atoms with Crippen molar-refractivity contribution in [1.82, 2.24) is 0 Å². The average Bonchev–Trinajstić information content (AvgIpc) is 3.03. The number of carbonyl (C=O) groups excluding carboxylic acids is 2. The van der Waals surface area contributed by atoms with E-state index in [0.717, 1.165) is 6.07 Å². The number of aryl methyl sites for hydroxylation is 2. The number of ketones is 1. The molecule has 7 N–H and O–H groups in total. The minimum Gasteiger partial charge on any atom is -0.508 e. The molecule has 0 spiro atoms. The number of Topliss-reactive ketones (excluding diaryl/α,β-unsaturated/α-hetero) is 1. The molecular formula is C39H36O11. The molecule has 1 aliphatic rings. The molecule has 5 aromatic rings. The van der Waals surface area contributed by atoms with Gasteiger partial charge < -0.3 is 40.2 Å². The second kappa shape index (κ2) is 11.9. The number of hydrogen-bond acceptors (Lipinski definition) is 11. The number of aldehydes is 1. The highest BCUT2D eigenvalue weighted by Crippen LogP contribution is 2.54. The standard InChI is InChI=1S/C39H36O11/c1-14(2)26-20-9-16(5)28(29-17(6)10-21-27(15(3)4)38(48)34(44)24(13-40)31(21)36(29)46)35(45)30(20)22(33(43)37(26)47)12-23-32(42)19-8-7-18(41)11-25(19)50-39(23)49/h7-11,13-15,22,41-42,44-48H,12H2,1-6H3. The molecule has 0 radical (unpaired) electrons. The molecule has 0 fully saturated rings. The van der Waals surface area contributed by atoms with Crippen LogP contribution in [-0.4, -0.2) is 47.8 Å². The lowest BCUT2D eigenvalue weighted by atomic mass is 9.73. The predicted molar refractivity (Wildman–Crippen MR) is 187 cm³/mol. The summed E-state index contributed by atoms with van der Waals surface area (Å²) in [5.74, 6) is -6.31. The van der Waals surface area contributed by atoms with Crippen molar-refractivity contribution in [2.45, 2.75) is 59.8 Å². The van der Waals surface area contributed by atoms with Gasteiger partial charge in [0.2, 0.25) is 5.78 Å². The highest BCUT2D eigenvalue weighted by Gasteiger charge is 2.40. The van der Waals surface area contributed by atoms with Gasteiger partial charge in [-0.25, -0.2) is 4.79 Å². The molecule has 0 saturated heterocycles. The van der Waals surface area contributed by atoms with Gasteiger partial charge in [-0.15, -0.1) is 0 Å². The summed E-state index contributed by atoms with van der Waals surface area (Å²) < 4.78 is 5.36. The van der Waals surface area contributed by atoms with E-state index >= 15 is 0 Å². The number of phenolic OH excluding ortho intramolecular Hbond substituents is 5. The molecule has 11 nitrogen and oxygen atoms in total. The summed E-state index contributed by atoms with van der Waals surface area (Å²) in [6, 6.07) is 7.08. The van der Waals surface area contributed by atoms with Crippen LogP contribution < -0.4 is 5.63 Å². The quantitative estimate of drug-likeness (QED) is 0.0541. The monoisotopic (exact) mass is 680 g/mol. The summed E-state index contributed by atoms with van der Waals surface area (Å²) in [7, 11) is 0.